The predicted molar refractivity (Wildman–Crippen MR) is 46.5 cm³/mol. The quantitative estimate of drug-likeness (QED) is 0.430. The molecule has 1 aliphatic rings. The molecule has 7 heteroatoms. The van der Waals surface area contributed by atoms with Gasteiger partial charge in [0, 0.05) is 6.92 Å². The molecule has 6 nitrogen and oxygen atoms in total. The van der Waals surface area contributed by atoms with Crippen LogP contribution in [0.5, 0.6) is 0 Å². The Morgan fingerprint density at radius 3 is 2.60 bits per heavy atom. The molecule has 5 atom stereocenters. The average Bonchev–Trinajstić information content (AvgIpc) is 2.18. The van der Waals surface area contributed by atoms with Gasteiger partial charge >= 0.3 is 0 Å². The number of hydrogen-bond acceptors (Lipinski definition) is 5. The zero-order valence-electron chi connectivity index (χ0n) is 8.13. The monoisotopic (exact) mass is 223 g/mol. The van der Waals surface area contributed by atoms with Crippen LogP contribution in [0.3, 0.4) is 0 Å². The first-order chi connectivity index (χ1) is 6.97. The maximum absolute atomic E-state index is 13.5. The fourth-order valence-corrected chi connectivity index (χ4v) is 1.46. The van der Waals surface area contributed by atoms with Crippen molar-refractivity contribution in [2.45, 2.75) is 37.6 Å². The Hall–Kier alpha value is -0.760. The molecule has 1 heterocycles. The smallest absolute Gasteiger partial charge is 0.217 e. The van der Waals surface area contributed by atoms with Crippen molar-refractivity contribution in [3.63, 3.8) is 0 Å². The fourth-order valence-electron chi connectivity index (χ4n) is 1.46. The van der Waals surface area contributed by atoms with Crippen LogP contribution in [0.2, 0.25) is 0 Å². The average molecular weight is 223 g/mol. The maximum Gasteiger partial charge on any atom is 0.217 e. The number of aliphatic hydroxyl groups is 3. The Labute approximate surface area is 85.7 Å². The highest BCUT2D eigenvalue weighted by Crippen LogP contribution is 2.22. The van der Waals surface area contributed by atoms with Crippen LogP contribution in [-0.2, 0) is 9.53 Å². The molecule has 0 saturated carbocycles. The van der Waals surface area contributed by atoms with Crippen molar-refractivity contribution >= 4 is 5.91 Å². The van der Waals surface area contributed by atoms with Gasteiger partial charge in [0.2, 0.25) is 5.91 Å². The minimum Gasteiger partial charge on any atom is -0.394 e. The molecule has 88 valence electrons. The molecule has 15 heavy (non-hydrogen) atoms. The van der Waals surface area contributed by atoms with Crippen LogP contribution in [0.4, 0.5) is 4.39 Å². The number of rotatable bonds is 2. The summed E-state index contributed by atoms with van der Waals surface area (Å²) in [5.41, 5.74) is 0. The van der Waals surface area contributed by atoms with Gasteiger partial charge in [-0.25, -0.2) is 4.39 Å². The lowest BCUT2D eigenvalue weighted by Crippen LogP contribution is -2.62. The molecule has 0 bridgehead atoms. The van der Waals surface area contributed by atoms with Crippen LogP contribution < -0.4 is 5.32 Å². The lowest BCUT2D eigenvalue weighted by Gasteiger charge is -2.38. The van der Waals surface area contributed by atoms with E-state index in [1.165, 1.54) is 0 Å². The summed E-state index contributed by atoms with van der Waals surface area (Å²) in [6.07, 6.45) is -6.21. The van der Waals surface area contributed by atoms with Crippen molar-refractivity contribution in [2.75, 3.05) is 6.61 Å². The summed E-state index contributed by atoms with van der Waals surface area (Å²) in [4.78, 5) is 10.7. The number of carbonyl (C=O) groups excluding carboxylic acids is 1. The Morgan fingerprint density at radius 1 is 1.53 bits per heavy atom. The van der Waals surface area contributed by atoms with Crippen molar-refractivity contribution in [1.82, 2.24) is 5.32 Å². The maximum atomic E-state index is 13.5. The van der Waals surface area contributed by atoms with Crippen molar-refractivity contribution < 1.29 is 29.2 Å². The highest BCUT2D eigenvalue weighted by molar-refractivity contribution is 5.73. The summed E-state index contributed by atoms with van der Waals surface area (Å²) in [5.74, 6) is -0.542. The zero-order chi connectivity index (χ0) is 11.6. The first-order valence-electron chi connectivity index (χ1n) is 4.51. The first kappa shape index (κ1) is 12.3. The van der Waals surface area contributed by atoms with Crippen LogP contribution in [0, 0.1) is 0 Å². The van der Waals surface area contributed by atoms with E-state index in [0.717, 1.165) is 6.92 Å². The van der Waals surface area contributed by atoms with E-state index >= 15 is 0 Å². The van der Waals surface area contributed by atoms with Crippen LogP contribution in [-0.4, -0.2) is 58.5 Å². The number of alkyl halides is 1. The van der Waals surface area contributed by atoms with E-state index in [1.54, 1.807) is 0 Å². The van der Waals surface area contributed by atoms with Crippen LogP contribution in [0.25, 0.3) is 0 Å². The molecule has 1 unspecified atom stereocenters. The van der Waals surface area contributed by atoms with Gasteiger partial charge in [0.1, 0.15) is 18.2 Å². The molecule has 0 aromatic heterocycles. The third-order valence-electron chi connectivity index (χ3n) is 2.22. The van der Waals surface area contributed by atoms with Gasteiger partial charge in [-0.1, -0.05) is 0 Å². The molecular formula is C8H14FNO5. The summed E-state index contributed by atoms with van der Waals surface area (Å²) < 4.78 is 18.2. The molecule has 0 aliphatic carbocycles. The van der Waals surface area contributed by atoms with Gasteiger partial charge in [0.25, 0.3) is 0 Å². The highest BCUT2D eigenvalue weighted by atomic mass is 19.1. The van der Waals surface area contributed by atoms with Crippen molar-refractivity contribution in [3.05, 3.63) is 0 Å². The van der Waals surface area contributed by atoms with Gasteiger partial charge in [-0.15, -0.1) is 0 Å². The summed E-state index contributed by atoms with van der Waals surface area (Å²) in [7, 11) is 0. The lowest BCUT2D eigenvalue weighted by molar-refractivity contribution is -0.242. The van der Waals surface area contributed by atoms with Gasteiger partial charge in [-0.05, 0) is 0 Å². The zero-order valence-corrected chi connectivity index (χ0v) is 8.13. The van der Waals surface area contributed by atoms with E-state index in [1.807, 2.05) is 0 Å². The molecule has 0 radical (unpaired) electrons. The van der Waals surface area contributed by atoms with Crippen LogP contribution in [0.15, 0.2) is 0 Å². The summed E-state index contributed by atoms with van der Waals surface area (Å²) in [6, 6.07) is -1.32. The Balaban J connectivity index is 2.70. The number of nitrogens with one attached hydrogen (secondary N) is 1. The predicted octanol–water partition coefficient (Wildman–Crippen LogP) is -2.10. The molecule has 1 aliphatic heterocycles. The number of amides is 1. The minimum absolute atomic E-state index is 0.542. The summed E-state index contributed by atoms with van der Waals surface area (Å²) in [5, 5.41) is 29.5. The van der Waals surface area contributed by atoms with E-state index in [9.17, 15) is 19.4 Å². The minimum atomic E-state index is -1.88. The topological polar surface area (TPSA) is 99.0 Å². The molecule has 0 aromatic carbocycles. The van der Waals surface area contributed by atoms with E-state index in [0.29, 0.717) is 0 Å². The third-order valence-corrected chi connectivity index (χ3v) is 2.22. The van der Waals surface area contributed by atoms with E-state index < -0.39 is 43.2 Å². The molecule has 1 saturated heterocycles. The lowest BCUT2D eigenvalue weighted by atomic mass is 9.98. The van der Waals surface area contributed by atoms with Crippen LogP contribution in [0.1, 0.15) is 6.92 Å². The second-order valence-electron chi connectivity index (χ2n) is 3.41. The van der Waals surface area contributed by atoms with Crippen molar-refractivity contribution in [1.29, 1.82) is 0 Å². The molecular weight excluding hydrogens is 209 g/mol. The third kappa shape index (κ3) is 2.63. The summed E-state index contributed by atoms with van der Waals surface area (Å²) >= 11 is 0. The normalized spacial score (nSPS) is 41.3. The number of carbonyl (C=O) groups is 1. The van der Waals surface area contributed by atoms with Gasteiger partial charge in [0.05, 0.1) is 6.61 Å². The fraction of sp³-hybridized carbons (Fsp3) is 0.875. The van der Waals surface area contributed by atoms with Gasteiger partial charge in [0.15, 0.2) is 12.5 Å². The standard InChI is InChI=1S/C8H14FNO5/c1-3(12)10-6-5(9)7(13)4(2-11)15-8(6)14/h4-8,11,13-14H,2H2,1H3,(H,10,12)/t4-,5-,6+,7-,8?/m1/s1. The number of aliphatic hydroxyl groups excluding tert-OH is 3. The van der Waals surface area contributed by atoms with E-state index in [-0.39, 0.29) is 0 Å². The number of halogens is 1. The summed E-state index contributed by atoms with van der Waals surface area (Å²) in [6.45, 7) is 0.551. The highest BCUT2D eigenvalue weighted by Gasteiger charge is 2.45. The first-order valence-corrected chi connectivity index (χ1v) is 4.51. The Bertz CT molecular complexity index is 239. The largest absolute Gasteiger partial charge is 0.394 e. The molecule has 1 rings (SSSR count). The van der Waals surface area contributed by atoms with Crippen molar-refractivity contribution in [3.8, 4) is 0 Å². The molecule has 0 aromatic rings. The SMILES string of the molecule is CC(=O)N[C@@H]1C(O)O[C@H](CO)[C@@H](O)[C@@H]1F. The second kappa shape index (κ2) is 4.84. The van der Waals surface area contributed by atoms with E-state index in [4.69, 9.17) is 9.84 Å². The van der Waals surface area contributed by atoms with Crippen molar-refractivity contribution in [2.24, 2.45) is 0 Å². The Kier molecular flexibility index (Phi) is 3.97. The van der Waals surface area contributed by atoms with Gasteiger partial charge in [-0.3, -0.25) is 4.79 Å². The molecule has 4 N–H and O–H groups in total. The number of ether oxygens (including phenoxy) is 1. The Morgan fingerprint density at radius 2 is 2.13 bits per heavy atom. The van der Waals surface area contributed by atoms with Crippen LogP contribution >= 0.6 is 0 Å². The van der Waals surface area contributed by atoms with Gasteiger partial charge in [-0.2, -0.15) is 0 Å². The molecule has 1 amide bonds. The van der Waals surface area contributed by atoms with Gasteiger partial charge < -0.3 is 25.4 Å². The van der Waals surface area contributed by atoms with E-state index in [2.05, 4.69) is 5.32 Å². The number of hydrogen-bond donors (Lipinski definition) is 4. The molecule has 1 fully saturated rings. The second-order valence-corrected chi connectivity index (χ2v) is 3.41. The molecule has 0 spiro atoms.